The molecule has 4 heteroatoms. The van der Waals surface area contributed by atoms with Crippen LogP contribution in [-0.2, 0) is 0 Å². The summed E-state index contributed by atoms with van der Waals surface area (Å²) in [7, 11) is 0. The van der Waals surface area contributed by atoms with Gasteiger partial charge in [-0.3, -0.25) is 4.79 Å². The number of nitrogens with one attached hydrogen (secondary N) is 2. The molecular formula is C17H20N2O2. The highest BCUT2D eigenvalue weighted by atomic mass is 16.3. The van der Waals surface area contributed by atoms with E-state index in [-0.39, 0.29) is 11.7 Å². The van der Waals surface area contributed by atoms with E-state index in [9.17, 15) is 9.90 Å². The zero-order valence-corrected chi connectivity index (χ0v) is 11.9. The molecule has 0 spiro atoms. The minimum atomic E-state index is -0.217. The zero-order chi connectivity index (χ0) is 14.7. The Morgan fingerprint density at radius 1 is 1.24 bits per heavy atom. The van der Waals surface area contributed by atoms with E-state index in [2.05, 4.69) is 10.6 Å². The number of amides is 1. The van der Waals surface area contributed by atoms with Gasteiger partial charge < -0.3 is 15.7 Å². The van der Waals surface area contributed by atoms with E-state index in [1.165, 1.54) is 12.8 Å². The fraction of sp³-hybridized carbons (Fsp3) is 0.353. The van der Waals surface area contributed by atoms with Gasteiger partial charge >= 0.3 is 0 Å². The van der Waals surface area contributed by atoms with Crippen molar-refractivity contribution >= 4 is 16.7 Å². The molecule has 4 nitrogen and oxygen atoms in total. The number of rotatable bonds is 3. The van der Waals surface area contributed by atoms with E-state index in [4.69, 9.17) is 0 Å². The summed E-state index contributed by atoms with van der Waals surface area (Å²) in [4.78, 5) is 12.3. The fourth-order valence-electron chi connectivity index (χ4n) is 2.85. The van der Waals surface area contributed by atoms with Crippen molar-refractivity contribution in [3.8, 4) is 5.75 Å². The Morgan fingerprint density at radius 2 is 2.10 bits per heavy atom. The Balaban J connectivity index is 1.73. The lowest BCUT2D eigenvalue weighted by molar-refractivity contribution is 0.0945. The molecule has 1 fully saturated rings. The normalized spacial score (nSPS) is 18.6. The van der Waals surface area contributed by atoms with E-state index in [1.807, 2.05) is 30.3 Å². The van der Waals surface area contributed by atoms with Crippen LogP contribution < -0.4 is 10.6 Å². The number of carbonyl (C=O) groups is 1. The summed E-state index contributed by atoms with van der Waals surface area (Å²) >= 11 is 0. The molecule has 110 valence electrons. The van der Waals surface area contributed by atoms with Gasteiger partial charge in [0.15, 0.2) is 0 Å². The van der Waals surface area contributed by atoms with E-state index in [0.717, 1.165) is 18.4 Å². The Morgan fingerprint density at radius 3 is 2.90 bits per heavy atom. The van der Waals surface area contributed by atoms with Gasteiger partial charge in [-0.15, -0.1) is 0 Å². The van der Waals surface area contributed by atoms with E-state index in [0.29, 0.717) is 23.5 Å². The minimum Gasteiger partial charge on any atom is -0.506 e. The second-order valence-corrected chi connectivity index (χ2v) is 5.54. The highest BCUT2D eigenvalue weighted by Crippen LogP contribution is 2.28. The van der Waals surface area contributed by atoms with E-state index in [1.54, 1.807) is 6.07 Å². The smallest absolute Gasteiger partial charge is 0.255 e. The molecule has 0 aromatic heterocycles. The molecule has 1 atom stereocenters. The standard InChI is InChI=1S/C17H20N2O2/c20-16-14-7-2-1-5-12(14)8-9-15(16)17(21)19-11-13-6-3-4-10-18-13/h1-2,5,7-9,13,18,20H,3-4,6,10-11H2,(H,19,21). The van der Waals surface area contributed by atoms with Gasteiger partial charge in [-0.2, -0.15) is 0 Å². The SMILES string of the molecule is O=C(NCC1CCCCN1)c1ccc2ccccc2c1O. The molecule has 0 bridgehead atoms. The van der Waals surface area contributed by atoms with Gasteiger partial charge in [0, 0.05) is 18.0 Å². The average Bonchev–Trinajstić information content (AvgIpc) is 2.54. The van der Waals surface area contributed by atoms with Crippen molar-refractivity contribution in [1.29, 1.82) is 0 Å². The Labute approximate surface area is 124 Å². The lowest BCUT2D eigenvalue weighted by atomic mass is 10.0. The number of aromatic hydroxyl groups is 1. The Hall–Kier alpha value is -2.07. The molecule has 21 heavy (non-hydrogen) atoms. The number of benzene rings is 2. The first-order valence-electron chi connectivity index (χ1n) is 7.48. The zero-order valence-electron chi connectivity index (χ0n) is 11.9. The van der Waals surface area contributed by atoms with Crippen molar-refractivity contribution in [2.24, 2.45) is 0 Å². The molecule has 0 radical (unpaired) electrons. The molecule has 2 aromatic carbocycles. The maximum absolute atomic E-state index is 12.3. The number of phenols is 1. The highest BCUT2D eigenvalue weighted by Gasteiger charge is 2.16. The van der Waals surface area contributed by atoms with Gasteiger partial charge in [-0.05, 0) is 30.8 Å². The summed E-state index contributed by atoms with van der Waals surface area (Å²) in [5.41, 5.74) is 0.338. The first kappa shape index (κ1) is 13.9. The predicted octanol–water partition coefficient (Wildman–Crippen LogP) is 2.42. The van der Waals surface area contributed by atoms with Crippen LogP contribution in [0.25, 0.3) is 10.8 Å². The molecule has 1 aliphatic rings. The van der Waals surface area contributed by atoms with Gasteiger partial charge in [0.1, 0.15) is 5.75 Å². The molecule has 2 aromatic rings. The summed E-state index contributed by atoms with van der Waals surface area (Å²) in [6.07, 6.45) is 3.49. The largest absolute Gasteiger partial charge is 0.506 e. The predicted molar refractivity (Wildman–Crippen MR) is 83.6 cm³/mol. The van der Waals surface area contributed by atoms with E-state index >= 15 is 0 Å². The maximum Gasteiger partial charge on any atom is 0.255 e. The van der Waals surface area contributed by atoms with Crippen LogP contribution in [0.5, 0.6) is 5.75 Å². The van der Waals surface area contributed by atoms with Crippen LogP contribution in [0, 0.1) is 0 Å². The number of hydrogen-bond donors (Lipinski definition) is 3. The van der Waals surface area contributed by atoms with Crippen molar-refractivity contribution in [3.63, 3.8) is 0 Å². The first-order valence-corrected chi connectivity index (χ1v) is 7.48. The summed E-state index contributed by atoms with van der Waals surface area (Å²) in [6.45, 7) is 1.62. The fourth-order valence-corrected chi connectivity index (χ4v) is 2.85. The van der Waals surface area contributed by atoms with Crippen LogP contribution in [0.2, 0.25) is 0 Å². The molecule has 1 saturated heterocycles. The second kappa shape index (κ2) is 6.14. The van der Waals surface area contributed by atoms with Crippen LogP contribution in [0.15, 0.2) is 36.4 Å². The number of hydrogen-bond acceptors (Lipinski definition) is 3. The molecule has 0 aliphatic carbocycles. The van der Waals surface area contributed by atoms with Crippen molar-refractivity contribution in [2.45, 2.75) is 25.3 Å². The molecular weight excluding hydrogens is 264 g/mol. The number of phenolic OH excluding ortho intramolecular Hbond substituents is 1. The summed E-state index contributed by atoms with van der Waals surface area (Å²) in [5.74, 6) is -0.159. The maximum atomic E-state index is 12.3. The topological polar surface area (TPSA) is 61.4 Å². The van der Waals surface area contributed by atoms with Crippen molar-refractivity contribution in [3.05, 3.63) is 42.0 Å². The molecule has 1 unspecified atom stereocenters. The minimum absolute atomic E-state index is 0.0576. The number of piperidine rings is 1. The number of carbonyl (C=O) groups excluding carboxylic acids is 1. The third-order valence-corrected chi connectivity index (χ3v) is 4.07. The Bertz CT molecular complexity index is 648. The van der Waals surface area contributed by atoms with Gasteiger partial charge in [-0.1, -0.05) is 36.8 Å². The van der Waals surface area contributed by atoms with Crippen molar-refractivity contribution in [2.75, 3.05) is 13.1 Å². The lowest BCUT2D eigenvalue weighted by Gasteiger charge is -2.23. The van der Waals surface area contributed by atoms with Gasteiger partial charge in [0.2, 0.25) is 0 Å². The number of fused-ring (bicyclic) bond motifs is 1. The Kier molecular flexibility index (Phi) is 4.06. The monoisotopic (exact) mass is 284 g/mol. The quantitative estimate of drug-likeness (QED) is 0.811. The summed E-state index contributed by atoms with van der Waals surface area (Å²) in [5, 5.41) is 18.2. The van der Waals surface area contributed by atoms with Crippen LogP contribution in [0.1, 0.15) is 29.6 Å². The van der Waals surface area contributed by atoms with Crippen LogP contribution in [0.4, 0.5) is 0 Å². The third kappa shape index (κ3) is 3.00. The van der Waals surface area contributed by atoms with Crippen LogP contribution in [-0.4, -0.2) is 30.1 Å². The van der Waals surface area contributed by atoms with Crippen LogP contribution >= 0.6 is 0 Å². The van der Waals surface area contributed by atoms with Gasteiger partial charge in [0.25, 0.3) is 5.91 Å². The van der Waals surface area contributed by atoms with Crippen molar-refractivity contribution < 1.29 is 9.90 Å². The first-order chi connectivity index (χ1) is 10.3. The van der Waals surface area contributed by atoms with Gasteiger partial charge in [-0.25, -0.2) is 0 Å². The molecule has 0 saturated carbocycles. The third-order valence-electron chi connectivity index (χ3n) is 4.07. The molecule has 1 heterocycles. The van der Waals surface area contributed by atoms with Gasteiger partial charge in [0.05, 0.1) is 5.56 Å². The molecule has 1 aliphatic heterocycles. The van der Waals surface area contributed by atoms with E-state index < -0.39 is 0 Å². The highest BCUT2D eigenvalue weighted by molar-refractivity contribution is 6.03. The average molecular weight is 284 g/mol. The molecule has 3 N–H and O–H groups in total. The second-order valence-electron chi connectivity index (χ2n) is 5.54. The lowest BCUT2D eigenvalue weighted by Crippen LogP contribution is -2.43. The molecule has 1 amide bonds. The summed E-state index contributed by atoms with van der Waals surface area (Å²) < 4.78 is 0. The summed E-state index contributed by atoms with van der Waals surface area (Å²) in [6, 6.07) is 11.4. The van der Waals surface area contributed by atoms with Crippen LogP contribution in [0.3, 0.4) is 0 Å². The van der Waals surface area contributed by atoms with Crippen molar-refractivity contribution in [1.82, 2.24) is 10.6 Å². The molecule has 3 rings (SSSR count).